The first-order chi connectivity index (χ1) is 18.3. The van der Waals surface area contributed by atoms with Crippen LogP contribution in [0, 0.1) is 0 Å². The minimum Gasteiger partial charge on any atom is -0.496 e. The molecule has 0 fully saturated rings. The van der Waals surface area contributed by atoms with Gasteiger partial charge in [-0.15, -0.1) is 0 Å². The molecule has 0 aliphatic rings. The highest BCUT2D eigenvalue weighted by Gasteiger charge is 2.20. The molecule has 0 radical (unpaired) electrons. The van der Waals surface area contributed by atoms with Crippen molar-refractivity contribution in [3.8, 4) is 57.0 Å². The monoisotopic (exact) mass is 529 g/mol. The Labute approximate surface area is 223 Å². The summed E-state index contributed by atoms with van der Waals surface area (Å²) in [6.45, 7) is 1.71. The number of hydrogen-bond donors (Lipinski definition) is 0. The van der Waals surface area contributed by atoms with Crippen molar-refractivity contribution < 1.29 is 37.9 Å². The van der Waals surface area contributed by atoms with Gasteiger partial charge in [0.1, 0.15) is 5.75 Å². The third-order valence-electron chi connectivity index (χ3n) is 5.69. The van der Waals surface area contributed by atoms with Crippen molar-refractivity contribution in [2.24, 2.45) is 0 Å². The molecule has 0 saturated carbocycles. The maximum Gasteiger partial charge on any atom is 0.225 e. The standard InChI is InChI=1S/C27H35N3O8/c1-16(31-4)37-15-38-26-24(35-8)10-17(11-25(26)36-9)19-13-20(29-27(28-19)30(2)3)18-12-22(33-6)23(34-7)14-21(18)32-5/h10-14,16H,15H2,1-9H3. The molecule has 0 N–H and O–H groups in total. The van der Waals surface area contributed by atoms with E-state index in [0.29, 0.717) is 57.4 Å². The molecule has 3 aromatic rings. The van der Waals surface area contributed by atoms with Crippen molar-refractivity contribution in [1.82, 2.24) is 9.97 Å². The molecule has 1 aromatic heterocycles. The van der Waals surface area contributed by atoms with E-state index in [2.05, 4.69) is 0 Å². The number of hydrogen-bond acceptors (Lipinski definition) is 11. The molecule has 38 heavy (non-hydrogen) atoms. The van der Waals surface area contributed by atoms with Gasteiger partial charge in [0, 0.05) is 38.4 Å². The van der Waals surface area contributed by atoms with Crippen molar-refractivity contribution in [1.29, 1.82) is 0 Å². The van der Waals surface area contributed by atoms with Crippen LogP contribution in [0.4, 0.5) is 5.95 Å². The first-order valence-corrected chi connectivity index (χ1v) is 11.7. The zero-order valence-corrected chi connectivity index (χ0v) is 23.3. The maximum atomic E-state index is 5.81. The normalized spacial score (nSPS) is 11.5. The van der Waals surface area contributed by atoms with E-state index in [-0.39, 0.29) is 6.79 Å². The Morgan fingerprint density at radius 1 is 0.684 bits per heavy atom. The predicted octanol–water partition coefficient (Wildman–Crippen LogP) is 4.26. The summed E-state index contributed by atoms with van der Waals surface area (Å²) >= 11 is 0. The second-order valence-electron chi connectivity index (χ2n) is 8.18. The lowest BCUT2D eigenvalue weighted by molar-refractivity contribution is -0.150. The molecule has 1 unspecified atom stereocenters. The van der Waals surface area contributed by atoms with Gasteiger partial charge in [0.05, 0.1) is 46.9 Å². The molecule has 0 amide bonds. The first-order valence-electron chi connectivity index (χ1n) is 11.7. The smallest absolute Gasteiger partial charge is 0.225 e. The van der Waals surface area contributed by atoms with Crippen LogP contribution in [0.5, 0.6) is 34.5 Å². The van der Waals surface area contributed by atoms with Gasteiger partial charge < -0.3 is 42.8 Å². The minimum absolute atomic E-state index is 0.0530. The number of methoxy groups -OCH3 is 6. The predicted molar refractivity (Wildman–Crippen MR) is 143 cm³/mol. The molecular formula is C27H35N3O8. The molecule has 0 aliphatic heterocycles. The van der Waals surface area contributed by atoms with E-state index < -0.39 is 6.29 Å². The van der Waals surface area contributed by atoms with Crippen LogP contribution in [-0.2, 0) is 9.47 Å². The fourth-order valence-corrected chi connectivity index (χ4v) is 3.58. The summed E-state index contributed by atoms with van der Waals surface area (Å²) in [6, 6.07) is 9.07. The van der Waals surface area contributed by atoms with Gasteiger partial charge in [0.2, 0.25) is 11.7 Å². The molecule has 2 aromatic carbocycles. The van der Waals surface area contributed by atoms with E-state index in [9.17, 15) is 0 Å². The molecule has 0 spiro atoms. The lowest BCUT2D eigenvalue weighted by Gasteiger charge is -2.19. The molecule has 206 valence electrons. The molecule has 11 heteroatoms. The van der Waals surface area contributed by atoms with Crippen molar-refractivity contribution in [2.75, 3.05) is 68.4 Å². The van der Waals surface area contributed by atoms with Gasteiger partial charge in [-0.3, -0.25) is 0 Å². The average molecular weight is 530 g/mol. The van der Waals surface area contributed by atoms with Crippen LogP contribution in [-0.4, -0.2) is 79.8 Å². The molecule has 0 aliphatic carbocycles. The van der Waals surface area contributed by atoms with E-state index in [4.69, 9.17) is 47.9 Å². The summed E-state index contributed by atoms with van der Waals surface area (Å²) in [4.78, 5) is 11.3. The van der Waals surface area contributed by atoms with Crippen molar-refractivity contribution in [3.63, 3.8) is 0 Å². The number of nitrogens with zero attached hydrogens (tertiary/aromatic N) is 3. The van der Waals surface area contributed by atoms with Gasteiger partial charge in [-0.05, 0) is 31.2 Å². The van der Waals surface area contributed by atoms with E-state index in [1.165, 1.54) is 0 Å². The van der Waals surface area contributed by atoms with Gasteiger partial charge in [-0.2, -0.15) is 0 Å². The fourth-order valence-electron chi connectivity index (χ4n) is 3.58. The van der Waals surface area contributed by atoms with Gasteiger partial charge >= 0.3 is 0 Å². The Bertz CT molecular complexity index is 1210. The molecule has 1 heterocycles. The Morgan fingerprint density at radius 3 is 1.76 bits per heavy atom. The number of anilines is 1. The summed E-state index contributed by atoms with van der Waals surface area (Å²) in [5, 5.41) is 0. The molecule has 3 rings (SSSR count). The van der Waals surface area contributed by atoms with Gasteiger partial charge in [-0.1, -0.05) is 0 Å². The Morgan fingerprint density at radius 2 is 1.24 bits per heavy atom. The molecule has 0 saturated heterocycles. The Balaban J connectivity index is 2.15. The number of ether oxygens (including phenoxy) is 8. The SMILES string of the molecule is COc1cc(OC)c(-c2cc(-c3cc(OC)c(OCOC(C)OC)c(OC)c3)nc(N(C)C)n2)cc1OC. The van der Waals surface area contributed by atoms with Crippen LogP contribution in [0.2, 0.25) is 0 Å². The van der Waals surface area contributed by atoms with Gasteiger partial charge in [0.25, 0.3) is 0 Å². The topological polar surface area (TPSA) is 103 Å². The van der Waals surface area contributed by atoms with E-state index in [1.807, 2.05) is 43.3 Å². The van der Waals surface area contributed by atoms with Gasteiger partial charge in [-0.25, -0.2) is 9.97 Å². The second kappa shape index (κ2) is 13.0. The Hall–Kier alpha value is -3.96. The maximum absolute atomic E-state index is 5.81. The average Bonchev–Trinajstić information content (AvgIpc) is 2.95. The van der Waals surface area contributed by atoms with E-state index in [1.54, 1.807) is 55.6 Å². The highest BCUT2D eigenvalue weighted by molar-refractivity contribution is 5.77. The van der Waals surface area contributed by atoms with Crippen molar-refractivity contribution in [2.45, 2.75) is 13.2 Å². The van der Waals surface area contributed by atoms with Crippen LogP contribution in [0.1, 0.15) is 6.92 Å². The number of benzene rings is 2. The lowest BCUT2D eigenvalue weighted by atomic mass is 10.0. The van der Waals surface area contributed by atoms with Crippen LogP contribution < -0.4 is 33.3 Å². The fraction of sp³-hybridized carbons (Fsp3) is 0.407. The summed E-state index contributed by atoms with van der Waals surface area (Å²) in [5.74, 6) is 3.45. The third kappa shape index (κ3) is 6.29. The minimum atomic E-state index is -0.427. The quantitative estimate of drug-likeness (QED) is 0.297. The van der Waals surface area contributed by atoms with Crippen molar-refractivity contribution >= 4 is 5.95 Å². The van der Waals surface area contributed by atoms with E-state index >= 15 is 0 Å². The number of rotatable bonds is 13. The first kappa shape index (κ1) is 28.6. The highest BCUT2D eigenvalue weighted by Crippen LogP contribution is 2.43. The largest absolute Gasteiger partial charge is 0.496 e. The molecular weight excluding hydrogens is 494 g/mol. The highest BCUT2D eigenvalue weighted by atomic mass is 16.7. The Kier molecular flexibility index (Phi) is 9.80. The zero-order chi connectivity index (χ0) is 27.8. The molecule has 0 bridgehead atoms. The van der Waals surface area contributed by atoms with Crippen LogP contribution in [0.25, 0.3) is 22.5 Å². The second-order valence-corrected chi connectivity index (χ2v) is 8.18. The van der Waals surface area contributed by atoms with E-state index in [0.717, 1.165) is 5.56 Å². The third-order valence-corrected chi connectivity index (χ3v) is 5.69. The number of aromatic nitrogens is 2. The van der Waals surface area contributed by atoms with Crippen LogP contribution >= 0.6 is 0 Å². The van der Waals surface area contributed by atoms with Crippen LogP contribution in [0.15, 0.2) is 30.3 Å². The van der Waals surface area contributed by atoms with Crippen LogP contribution in [0.3, 0.4) is 0 Å². The summed E-state index contributed by atoms with van der Waals surface area (Å²) in [6.07, 6.45) is -0.427. The summed E-state index contributed by atoms with van der Waals surface area (Å²) in [7, 11) is 13.1. The molecule has 11 nitrogen and oxygen atoms in total. The summed E-state index contributed by atoms with van der Waals surface area (Å²) < 4.78 is 44.2. The van der Waals surface area contributed by atoms with Crippen molar-refractivity contribution in [3.05, 3.63) is 30.3 Å². The zero-order valence-electron chi connectivity index (χ0n) is 23.3. The lowest BCUT2D eigenvalue weighted by Crippen LogP contribution is -2.15. The molecule has 1 atom stereocenters. The summed E-state index contributed by atoms with van der Waals surface area (Å²) in [5.41, 5.74) is 2.68. The van der Waals surface area contributed by atoms with Gasteiger partial charge in [0.15, 0.2) is 36.1 Å².